The summed E-state index contributed by atoms with van der Waals surface area (Å²) in [7, 11) is 0. The van der Waals surface area contributed by atoms with Gasteiger partial charge in [-0.25, -0.2) is 0 Å². The number of fused-ring (bicyclic) bond motifs is 4. The number of anilines is 2. The minimum atomic E-state index is 0.465. The molecule has 1 aliphatic heterocycles. The molecule has 300 valence electrons. The molecule has 0 aromatic heterocycles. The van der Waals surface area contributed by atoms with Gasteiger partial charge >= 0.3 is 0 Å². The van der Waals surface area contributed by atoms with E-state index in [4.69, 9.17) is 0 Å². The maximum Gasteiger partial charge on any atom is 0.0534 e. The van der Waals surface area contributed by atoms with Gasteiger partial charge in [0.2, 0.25) is 0 Å². The summed E-state index contributed by atoms with van der Waals surface area (Å²) in [5.41, 5.74) is 21.0. The molecular weight excluding hydrogens is 747 g/mol. The molecule has 0 amide bonds. The normalized spacial score (nSPS) is 13.6. The van der Waals surface area contributed by atoms with Crippen LogP contribution in [0.5, 0.6) is 0 Å². The van der Waals surface area contributed by atoms with Crippen molar-refractivity contribution in [3.63, 3.8) is 0 Å². The summed E-state index contributed by atoms with van der Waals surface area (Å²) < 4.78 is 0. The summed E-state index contributed by atoms with van der Waals surface area (Å²) in [5.74, 6) is 0.465. The fourth-order valence-corrected chi connectivity index (χ4v) is 9.56. The fourth-order valence-electron chi connectivity index (χ4n) is 9.56. The average Bonchev–Trinajstić information content (AvgIpc) is 3.47. The molecule has 1 heterocycles. The molecular formula is C61H51N. The third kappa shape index (κ3) is 7.04. The molecule has 0 saturated heterocycles. The van der Waals surface area contributed by atoms with E-state index >= 15 is 0 Å². The Labute approximate surface area is 367 Å². The monoisotopic (exact) mass is 797 g/mol. The molecule has 8 aromatic rings. The quantitative estimate of drug-likeness (QED) is 0.138. The highest BCUT2D eigenvalue weighted by Gasteiger charge is 2.23. The molecule has 1 heteroatoms. The van der Waals surface area contributed by atoms with Gasteiger partial charge in [0.25, 0.3) is 0 Å². The van der Waals surface area contributed by atoms with Gasteiger partial charge in [-0.1, -0.05) is 172 Å². The molecule has 8 aromatic carbocycles. The second-order valence-corrected chi connectivity index (χ2v) is 17.2. The molecule has 62 heavy (non-hydrogen) atoms. The van der Waals surface area contributed by atoms with Gasteiger partial charge in [-0.3, -0.25) is 0 Å². The summed E-state index contributed by atoms with van der Waals surface area (Å²) in [6, 6.07) is 56.3. The van der Waals surface area contributed by atoms with Crippen molar-refractivity contribution in [2.75, 3.05) is 4.90 Å². The first-order valence-electron chi connectivity index (χ1n) is 22.0. The molecule has 0 fully saturated rings. The zero-order valence-corrected chi connectivity index (χ0v) is 36.1. The highest BCUT2D eigenvalue weighted by molar-refractivity contribution is 6.15. The predicted molar refractivity (Wildman–Crippen MR) is 270 cm³/mol. The van der Waals surface area contributed by atoms with E-state index in [-0.39, 0.29) is 0 Å². The van der Waals surface area contributed by atoms with Gasteiger partial charge < -0.3 is 4.90 Å². The van der Waals surface area contributed by atoms with Gasteiger partial charge in [0.15, 0.2) is 0 Å². The Bertz CT molecular complexity index is 3180. The third-order valence-corrected chi connectivity index (χ3v) is 12.8. The van der Waals surface area contributed by atoms with Gasteiger partial charge in [0.1, 0.15) is 0 Å². The lowest BCUT2D eigenvalue weighted by molar-refractivity contribution is 0.836. The zero-order valence-electron chi connectivity index (χ0n) is 36.1. The number of nitrogens with zero attached hydrogens (tertiary/aromatic N) is 1. The first-order valence-corrected chi connectivity index (χ1v) is 22.0. The van der Waals surface area contributed by atoms with E-state index in [1.807, 2.05) is 6.08 Å². The van der Waals surface area contributed by atoms with Crippen LogP contribution in [0.3, 0.4) is 0 Å². The van der Waals surface area contributed by atoms with Crippen molar-refractivity contribution in [1.82, 2.24) is 0 Å². The number of hydrogen-bond donors (Lipinski definition) is 0. The van der Waals surface area contributed by atoms with Crippen LogP contribution in [0, 0.1) is 19.8 Å². The fraction of sp³-hybridized carbons (Fsp3) is 0.115. The van der Waals surface area contributed by atoms with Gasteiger partial charge in [-0.15, -0.1) is 0 Å². The second-order valence-electron chi connectivity index (χ2n) is 17.2. The minimum absolute atomic E-state index is 0.465. The van der Waals surface area contributed by atoms with Crippen LogP contribution in [0.15, 0.2) is 194 Å². The molecule has 0 bridgehead atoms. The van der Waals surface area contributed by atoms with Crippen molar-refractivity contribution < 1.29 is 0 Å². The van der Waals surface area contributed by atoms with E-state index in [1.54, 1.807) is 0 Å². The highest BCUT2D eigenvalue weighted by Crippen LogP contribution is 2.44. The Balaban J connectivity index is 1.03. The Morgan fingerprint density at radius 1 is 0.532 bits per heavy atom. The molecule has 0 spiro atoms. The number of aryl methyl sites for hydroxylation is 2. The van der Waals surface area contributed by atoms with Crippen LogP contribution < -0.4 is 4.90 Å². The molecule has 0 atom stereocenters. The highest BCUT2D eigenvalue weighted by atomic mass is 15.2. The van der Waals surface area contributed by atoms with E-state index in [9.17, 15) is 0 Å². The summed E-state index contributed by atoms with van der Waals surface area (Å²) >= 11 is 0. The smallest absolute Gasteiger partial charge is 0.0534 e. The van der Waals surface area contributed by atoms with E-state index in [2.05, 4.69) is 227 Å². The molecule has 0 saturated carbocycles. The van der Waals surface area contributed by atoms with Gasteiger partial charge in [0.05, 0.1) is 5.69 Å². The molecule has 0 unspecified atom stereocenters. The summed E-state index contributed by atoms with van der Waals surface area (Å²) in [6.45, 7) is 13.1. The van der Waals surface area contributed by atoms with Gasteiger partial charge in [-0.2, -0.15) is 0 Å². The Morgan fingerprint density at radius 3 is 1.94 bits per heavy atom. The SMILES string of the molecule is C=Cc1c(/C=C\C(C)C)c2ccccc2c2cc(-c3ccc(N4C5=C(C=Cc6cc(-c7ccc(C)c(-c8ccccc8-c8ccccc8C)c7)ccc64)CCC=C5)cc3)ccc12. The zero-order chi connectivity index (χ0) is 42.3. The largest absolute Gasteiger partial charge is 0.310 e. The minimum Gasteiger partial charge on any atom is -0.310 e. The molecule has 1 aliphatic carbocycles. The van der Waals surface area contributed by atoms with Crippen LogP contribution in [-0.2, 0) is 0 Å². The first kappa shape index (κ1) is 38.9. The number of allylic oxidation sites excluding steroid dienone is 5. The van der Waals surface area contributed by atoms with Crippen molar-refractivity contribution in [2.45, 2.75) is 40.5 Å². The van der Waals surface area contributed by atoms with Crippen molar-refractivity contribution in [3.05, 3.63) is 222 Å². The average molecular weight is 798 g/mol. The van der Waals surface area contributed by atoms with Crippen LogP contribution in [0.4, 0.5) is 11.4 Å². The third-order valence-electron chi connectivity index (χ3n) is 12.8. The van der Waals surface area contributed by atoms with Crippen LogP contribution in [0.25, 0.3) is 84.3 Å². The maximum atomic E-state index is 4.26. The molecule has 1 nitrogen and oxygen atoms in total. The second kappa shape index (κ2) is 16.3. The number of benzene rings is 8. The Kier molecular flexibility index (Phi) is 10.3. The van der Waals surface area contributed by atoms with Crippen molar-refractivity contribution in [1.29, 1.82) is 0 Å². The summed E-state index contributed by atoms with van der Waals surface area (Å²) in [4.78, 5) is 2.46. The Morgan fingerprint density at radius 2 is 1.16 bits per heavy atom. The van der Waals surface area contributed by atoms with E-state index in [0.29, 0.717) is 5.92 Å². The standard InChI is InChI=1S/C61H51N/c1-6-50-56(34-23-40(2)3)53-19-11-13-21-55(53)59-39-46(30-35-57(50)59)43-28-32-49(33-29-43)62-60-22-14-8-16-44(60)26-27-48-37-45(31-36-61(48)62)47-25-24-42(5)58(38-47)54-20-12-10-18-52(54)51-17-9-7-15-41(51)4/h6-7,9-15,17-40H,1,8,16H2,2-5H3/b34-23-. The van der Waals surface area contributed by atoms with E-state index < -0.39 is 0 Å². The van der Waals surface area contributed by atoms with Crippen LogP contribution in [0.2, 0.25) is 0 Å². The molecule has 0 radical (unpaired) electrons. The number of rotatable bonds is 8. The van der Waals surface area contributed by atoms with Crippen LogP contribution in [-0.4, -0.2) is 0 Å². The van der Waals surface area contributed by atoms with E-state index in [1.165, 1.54) is 111 Å². The topological polar surface area (TPSA) is 3.24 Å². The van der Waals surface area contributed by atoms with E-state index in [0.717, 1.165) is 18.5 Å². The van der Waals surface area contributed by atoms with Gasteiger partial charge in [-0.05, 0) is 175 Å². The lowest BCUT2D eigenvalue weighted by Gasteiger charge is -2.30. The molecule has 2 aliphatic rings. The first-order chi connectivity index (χ1) is 30.4. The summed E-state index contributed by atoms with van der Waals surface area (Å²) in [5, 5.41) is 5.00. The summed E-state index contributed by atoms with van der Waals surface area (Å²) in [6.07, 6.45) is 18.0. The number of hydrogen-bond acceptors (Lipinski definition) is 1. The van der Waals surface area contributed by atoms with Crippen LogP contribution >= 0.6 is 0 Å². The molecule has 10 rings (SSSR count). The van der Waals surface area contributed by atoms with Crippen molar-refractivity contribution in [3.8, 4) is 44.5 Å². The van der Waals surface area contributed by atoms with Crippen molar-refractivity contribution in [2.24, 2.45) is 5.92 Å². The lowest BCUT2D eigenvalue weighted by atomic mass is 9.88. The van der Waals surface area contributed by atoms with Gasteiger partial charge in [0, 0.05) is 11.4 Å². The maximum absolute atomic E-state index is 4.26. The molecule has 0 N–H and O–H groups in total. The Hall–Kier alpha value is -7.22. The predicted octanol–water partition coefficient (Wildman–Crippen LogP) is 17.4. The van der Waals surface area contributed by atoms with Crippen LogP contribution in [0.1, 0.15) is 54.5 Å². The van der Waals surface area contributed by atoms with Crippen molar-refractivity contribution >= 4 is 51.1 Å². The lowest BCUT2D eigenvalue weighted by Crippen LogP contribution is -2.18.